The van der Waals surface area contributed by atoms with Gasteiger partial charge in [0.15, 0.2) is 0 Å². The summed E-state index contributed by atoms with van der Waals surface area (Å²) in [4.78, 5) is 19.5. The Kier molecular flexibility index (Phi) is 9.30. The molecule has 0 aliphatic rings. The Morgan fingerprint density at radius 2 is 2.00 bits per heavy atom. The number of rotatable bonds is 10. The van der Waals surface area contributed by atoms with Gasteiger partial charge in [0.25, 0.3) is 0 Å². The minimum atomic E-state index is -0.547. The molecule has 2 rings (SSSR count). The fraction of sp³-hybridized carbons (Fsp3) is 0.300. The third kappa shape index (κ3) is 7.58. The van der Waals surface area contributed by atoms with E-state index in [4.69, 9.17) is 5.73 Å². The molecule has 0 fully saturated rings. The largest absolute Gasteiger partial charge is 0.386 e. The lowest BCUT2D eigenvalue weighted by Crippen LogP contribution is -2.30. The summed E-state index contributed by atoms with van der Waals surface area (Å²) in [6.45, 7) is 3.42. The number of nitrogens with zero attached hydrogens (tertiary/aromatic N) is 3. The fourth-order valence-corrected chi connectivity index (χ4v) is 2.79. The van der Waals surface area contributed by atoms with Crippen LogP contribution in [0.15, 0.2) is 68.0 Å². The molecule has 0 aromatic heterocycles. The summed E-state index contributed by atoms with van der Waals surface area (Å²) >= 11 is 0.668. The molecule has 0 amide bonds. The van der Waals surface area contributed by atoms with Gasteiger partial charge >= 0.3 is 0 Å². The minimum Gasteiger partial charge on any atom is -0.386 e. The maximum atomic E-state index is 14.3. The van der Waals surface area contributed by atoms with Gasteiger partial charge in [0.1, 0.15) is 23.2 Å². The quantitative estimate of drug-likeness (QED) is 0.200. The molecule has 28 heavy (non-hydrogen) atoms. The van der Waals surface area contributed by atoms with Crippen molar-refractivity contribution in [3.05, 3.63) is 64.8 Å². The highest BCUT2D eigenvalue weighted by Crippen LogP contribution is 2.26. The van der Waals surface area contributed by atoms with Crippen molar-refractivity contribution in [2.24, 2.45) is 20.3 Å². The molecule has 0 unspecified atom stereocenters. The summed E-state index contributed by atoms with van der Waals surface area (Å²) in [5.41, 5.74) is 7.16. The standard InChI is InChI=1S/C20H24FN5OS/c1-2-3-11-23-14-19(22)25-20(12-15-7-5-4-6-8-15)24-18-10-9-16(28-26-27)13-17(18)21/h4-10,13,23H,2-3,11-12,14H2,1H3,(H2,22,24,25). The van der Waals surface area contributed by atoms with Crippen molar-refractivity contribution in [3.8, 4) is 0 Å². The van der Waals surface area contributed by atoms with E-state index in [0.29, 0.717) is 41.5 Å². The van der Waals surface area contributed by atoms with E-state index in [9.17, 15) is 9.30 Å². The van der Waals surface area contributed by atoms with Crippen LogP contribution in [0.5, 0.6) is 0 Å². The topological polar surface area (TPSA) is 92.2 Å². The Morgan fingerprint density at radius 3 is 2.68 bits per heavy atom. The van der Waals surface area contributed by atoms with E-state index in [1.807, 2.05) is 30.3 Å². The second-order valence-corrected chi connectivity index (χ2v) is 6.91. The number of hydrogen-bond donors (Lipinski definition) is 2. The number of halogens is 1. The SMILES string of the molecule is CCCCNCC(N)=NC(Cc1ccccc1)=Nc1ccc(SN=O)cc1F. The Hall–Kier alpha value is -2.58. The van der Waals surface area contributed by atoms with Gasteiger partial charge in [-0.15, -0.1) is 4.91 Å². The highest BCUT2D eigenvalue weighted by atomic mass is 32.2. The van der Waals surface area contributed by atoms with Gasteiger partial charge in [-0.2, -0.15) is 0 Å². The summed E-state index contributed by atoms with van der Waals surface area (Å²) in [5.74, 6) is 0.256. The average molecular weight is 402 g/mol. The number of aliphatic imine (C=N–C) groups is 2. The fourth-order valence-electron chi connectivity index (χ4n) is 2.42. The summed E-state index contributed by atoms with van der Waals surface area (Å²) in [6.07, 6.45) is 2.57. The second kappa shape index (κ2) is 12.0. The first-order valence-corrected chi connectivity index (χ1v) is 9.84. The molecule has 0 saturated heterocycles. The molecule has 2 aromatic rings. The lowest BCUT2D eigenvalue weighted by Gasteiger charge is -2.07. The molecular formula is C20H24FN5OS. The van der Waals surface area contributed by atoms with Gasteiger partial charge in [0.2, 0.25) is 0 Å². The normalized spacial score (nSPS) is 12.2. The van der Waals surface area contributed by atoms with Crippen molar-refractivity contribution in [2.45, 2.75) is 31.1 Å². The number of benzene rings is 2. The van der Waals surface area contributed by atoms with Gasteiger partial charge in [-0.25, -0.2) is 14.4 Å². The van der Waals surface area contributed by atoms with Crippen LogP contribution in [0.25, 0.3) is 0 Å². The molecule has 0 radical (unpaired) electrons. The lowest BCUT2D eigenvalue weighted by atomic mass is 10.1. The molecule has 6 nitrogen and oxygen atoms in total. The molecule has 2 aromatic carbocycles. The van der Waals surface area contributed by atoms with Crippen LogP contribution >= 0.6 is 11.9 Å². The van der Waals surface area contributed by atoms with Crippen molar-refractivity contribution in [3.63, 3.8) is 0 Å². The number of amidine groups is 2. The van der Waals surface area contributed by atoms with Gasteiger partial charge < -0.3 is 11.1 Å². The van der Waals surface area contributed by atoms with Crippen LogP contribution < -0.4 is 11.1 Å². The van der Waals surface area contributed by atoms with E-state index < -0.39 is 5.82 Å². The van der Waals surface area contributed by atoms with E-state index in [1.54, 1.807) is 6.07 Å². The number of nitroso groups, excluding NO2 is 1. The van der Waals surface area contributed by atoms with Crippen LogP contribution in [0, 0.1) is 10.7 Å². The van der Waals surface area contributed by atoms with Gasteiger partial charge in [0.05, 0.1) is 18.5 Å². The zero-order chi connectivity index (χ0) is 20.2. The first kappa shape index (κ1) is 21.7. The molecule has 0 atom stereocenters. The predicted octanol–water partition coefficient (Wildman–Crippen LogP) is 4.62. The monoisotopic (exact) mass is 401 g/mol. The third-order valence-electron chi connectivity index (χ3n) is 3.80. The lowest BCUT2D eigenvalue weighted by molar-refractivity contribution is 0.626. The van der Waals surface area contributed by atoms with Crippen molar-refractivity contribution < 1.29 is 4.39 Å². The van der Waals surface area contributed by atoms with E-state index in [2.05, 4.69) is 26.8 Å². The molecular weight excluding hydrogens is 377 g/mol. The van der Waals surface area contributed by atoms with Crippen molar-refractivity contribution >= 4 is 29.3 Å². The summed E-state index contributed by atoms with van der Waals surface area (Å²) in [7, 11) is 0. The van der Waals surface area contributed by atoms with Crippen LogP contribution in [-0.2, 0) is 6.42 Å². The van der Waals surface area contributed by atoms with E-state index in [-0.39, 0.29) is 5.69 Å². The van der Waals surface area contributed by atoms with Crippen molar-refractivity contribution in [2.75, 3.05) is 13.1 Å². The summed E-state index contributed by atoms with van der Waals surface area (Å²) < 4.78 is 17.0. The zero-order valence-corrected chi connectivity index (χ0v) is 16.6. The number of unbranched alkanes of at least 4 members (excludes halogenated alkanes) is 1. The number of hydrogen-bond acceptors (Lipinski definition) is 5. The molecule has 3 N–H and O–H groups in total. The van der Waals surface area contributed by atoms with E-state index in [1.165, 1.54) is 12.1 Å². The minimum absolute atomic E-state index is 0.136. The van der Waals surface area contributed by atoms with Crippen LogP contribution in [0.4, 0.5) is 10.1 Å². The molecule has 0 bridgehead atoms. The third-order valence-corrected chi connectivity index (χ3v) is 4.34. The highest BCUT2D eigenvalue weighted by molar-refractivity contribution is 7.98. The maximum Gasteiger partial charge on any atom is 0.150 e. The molecule has 0 heterocycles. The van der Waals surface area contributed by atoms with Crippen LogP contribution in [0.3, 0.4) is 0 Å². The van der Waals surface area contributed by atoms with Gasteiger partial charge in [-0.05, 0) is 36.7 Å². The molecule has 148 valence electrons. The maximum absolute atomic E-state index is 14.3. The van der Waals surface area contributed by atoms with Gasteiger partial charge in [0, 0.05) is 15.9 Å². The summed E-state index contributed by atoms with van der Waals surface area (Å²) in [6, 6.07) is 14.0. The molecule has 0 aliphatic heterocycles. The molecule has 0 aliphatic carbocycles. The Balaban J connectivity index is 2.24. The number of nitrogens with two attached hydrogens (primary N) is 1. The average Bonchev–Trinajstić information content (AvgIpc) is 2.68. The summed E-state index contributed by atoms with van der Waals surface area (Å²) in [5, 5.41) is 3.22. The van der Waals surface area contributed by atoms with Crippen molar-refractivity contribution in [1.29, 1.82) is 0 Å². The van der Waals surface area contributed by atoms with Gasteiger partial charge in [-0.3, -0.25) is 0 Å². The smallest absolute Gasteiger partial charge is 0.150 e. The molecule has 0 spiro atoms. The van der Waals surface area contributed by atoms with E-state index in [0.717, 1.165) is 24.9 Å². The van der Waals surface area contributed by atoms with Crippen molar-refractivity contribution in [1.82, 2.24) is 5.32 Å². The Bertz CT molecular complexity index is 827. The first-order valence-electron chi connectivity index (χ1n) is 9.06. The zero-order valence-electron chi connectivity index (χ0n) is 15.8. The van der Waals surface area contributed by atoms with Gasteiger partial charge in [-0.1, -0.05) is 43.7 Å². The van der Waals surface area contributed by atoms with Crippen LogP contribution in [0.1, 0.15) is 25.3 Å². The Labute approximate surface area is 168 Å². The first-order chi connectivity index (χ1) is 13.6. The van der Waals surface area contributed by atoms with E-state index >= 15 is 0 Å². The Morgan fingerprint density at radius 1 is 1.21 bits per heavy atom. The molecule has 0 saturated carbocycles. The second-order valence-electron chi connectivity index (χ2n) is 6.10. The molecule has 8 heteroatoms. The number of nitrogens with one attached hydrogen (secondary N) is 1. The van der Waals surface area contributed by atoms with Crippen LogP contribution in [-0.4, -0.2) is 24.8 Å². The van der Waals surface area contributed by atoms with Crippen LogP contribution in [0.2, 0.25) is 0 Å². The highest BCUT2D eigenvalue weighted by Gasteiger charge is 2.08. The predicted molar refractivity (Wildman–Crippen MR) is 115 cm³/mol.